The molecule has 0 aliphatic heterocycles. The Bertz CT molecular complexity index is 208. The zero-order valence-corrected chi connectivity index (χ0v) is 6.98. The topological polar surface area (TPSA) is 42.2 Å². The van der Waals surface area contributed by atoms with Gasteiger partial charge in [0.15, 0.2) is 0 Å². The van der Waals surface area contributed by atoms with Crippen molar-refractivity contribution in [3.63, 3.8) is 0 Å². The maximum absolute atomic E-state index is 10.4. The molecule has 0 bridgehead atoms. The molecule has 62 valence electrons. The Morgan fingerprint density at radius 3 is 2.91 bits per heavy atom. The SMILES string of the molecule is CC(=O)NCc1ccco1.Cl. The highest BCUT2D eigenvalue weighted by Crippen LogP contribution is 1.97. The smallest absolute Gasteiger partial charge is 0.217 e. The Labute approximate surface area is 71.2 Å². The van der Waals surface area contributed by atoms with E-state index in [2.05, 4.69) is 5.32 Å². The van der Waals surface area contributed by atoms with Crippen LogP contribution in [0.4, 0.5) is 0 Å². The van der Waals surface area contributed by atoms with Crippen LogP contribution >= 0.6 is 12.4 Å². The van der Waals surface area contributed by atoms with Crippen LogP contribution in [0.2, 0.25) is 0 Å². The second-order valence-electron chi connectivity index (χ2n) is 1.99. The van der Waals surface area contributed by atoms with Gasteiger partial charge < -0.3 is 9.73 Å². The fourth-order valence-corrected chi connectivity index (χ4v) is 0.625. The Kier molecular flexibility index (Phi) is 4.38. The van der Waals surface area contributed by atoms with Crippen molar-refractivity contribution in [2.75, 3.05) is 0 Å². The largest absolute Gasteiger partial charge is 0.467 e. The summed E-state index contributed by atoms with van der Waals surface area (Å²) in [5.74, 6) is 0.728. The van der Waals surface area contributed by atoms with E-state index in [1.165, 1.54) is 6.92 Å². The van der Waals surface area contributed by atoms with E-state index >= 15 is 0 Å². The molecular weight excluding hydrogens is 166 g/mol. The van der Waals surface area contributed by atoms with Gasteiger partial charge in [-0.25, -0.2) is 0 Å². The van der Waals surface area contributed by atoms with Crippen LogP contribution in [0.15, 0.2) is 22.8 Å². The minimum absolute atomic E-state index is 0. The molecule has 0 saturated carbocycles. The van der Waals surface area contributed by atoms with Gasteiger partial charge in [0, 0.05) is 6.92 Å². The third kappa shape index (κ3) is 3.68. The van der Waals surface area contributed by atoms with Gasteiger partial charge >= 0.3 is 0 Å². The van der Waals surface area contributed by atoms with E-state index in [1.807, 2.05) is 6.07 Å². The highest BCUT2D eigenvalue weighted by Gasteiger charge is 1.94. The third-order valence-electron chi connectivity index (χ3n) is 1.09. The van der Waals surface area contributed by atoms with Gasteiger partial charge in [-0.1, -0.05) is 0 Å². The second-order valence-corrected chi connectivity index (χ2v) is 1.99. The molecule has 1 N–H and O–H groups in total. The molecule has 0 atom stereocenters. The number of carbonyl (C=O) groups excluding carboxylic acids is 1. The number of halogens is 1. The molecule has 0 aromatic carbocycles. The third-order valence-corrected chi connectivity index (χ3v) is 1.09. The normalized spacial score (nSPS) is 8.45. The number of nitrogens with one attached hydrogen (secondary N) is 1. The van der Waals surface area contributed by atoms with E-state index in [0.29, 0.717) is 6.54 Å². The molecule has 1 heterocycles. The van der Waals surface area contributed by atoms with Crippen molar-refractivity contribution in [3.05, 3.63) is 24.2 Å². The zero-order valence-electron chi connectivity index (χ0n) is 6.16. The highest BCUT2D eigenvalue weighted by atomic mass is 35.5. The van der Waals surface area contributed by atoms with Crippen LogP contribution in [0.25, 0.3) is 0 Å². The molecular formula is C7H10ClNO2. The highest BCUT2D eigenvalue weighted by molar-refractivity contribution is 5.85. The molecule has 1 amide bonds. The Morgan fingerprint density at radius 2 is 2.45 bits per heavy atom. The van der Waals surface area contributed by atoms with Crippen LogP contribution < -0.4 is 5.32 Å². The van der Waals surface area contributed by atoms with Crippen LogP contribution in [0.1, 0.15) is 12.7 Å². The summed E-state index contributed by atoms with van der Waals surface area (Å²) in [5.41, 5.74) is 0. The molecule has 3 nitrogen and oxygen atoms in total. The van der Waals surface area contributed by atoms with Gasteiger partial charge in [0.2, 0.25) is 5.91 Å². The lowest BCUT2D eigenvalue weighted by Gasteiger charge is -1.95. The predicted octanol–water partition coefficient (Wildman–Crippen LogP) is 1.34. The molecule has 1 aromatic heterocycles. The van der Waals surface area contributed by atoms with E-state index < -0.39 is 0 Å². The van der Waals surface area contributed by atoms with Gasteiger partial charge in [0.25, 0.3) is 0 Å². The summed E-state index contributed by atoms with van der Waals surface area (Å²) in [7, 11) is 0. The van der Waals surface area contributed by atoms with E-state index in [-0.39, 0.29) is 18.3 Å². The summed E-state index contributed by atoms with van der Waals surface area (Å²) >= 11 is 0. The number of amides is 1. The zero-order chi connectivity index (χ0) is 7.40. The first-order chi connectivity index (χ1) is 4.79. The van der Waals surface area contributed by atoms with Crippen LogP contribution in [0, 0.1) is 0 Å². The van der Waals surface area contributed by atoms with Gasteiger partial charge in [-0.2, -0.15) is 0 Å². The van der Waals surface area contributed by atoms with Crippen LogP contribution in [-0.4, -0.2) is 5.91 Å². The molecule has 0 spiro atoms. The Hall–Kier alpha value is -0.960. The lowest BCUT2D eigenvalue weighted by Crippen LogP contribution is -2.18. The summed E-state index contributed by atoms with van der Waals surface area (Å²) in [6, 6.07) is 3.60. The fraction of sp³-hybridized carbons (Fsp3) is 0.286. The summed E-state index contributed by atoms with van der Waals surface area (Å²) in [4.78, 5) is 10.4. The fourth-order valence-electron chi connectivity index (χ4n) is 0.625. The van der Waals surface area contributed by atoms with Gasteiger partial charge in [0.1, 0.15) is 5.76 Å². The first-order valence-electron chi connectivity index (χ1n) is 3.06. The minimum Gasteiger partial charge on any atom is -0.467 e. The van der Waals surface area contributed by atoms with Crippen LogP contribution in [-0.2, 0) is 11.3 Å². The second kappa shape index (κ2) is 4.79. The maximum Gasteiger partial charge on any atom is 0.217 e. The lowest BCUT2D eigenvalue weighted by molar-refractivity contribution is -0.119. The number of carbonyl (C=O) groups is 1. The summed E-state index contributed by atoms with van der Waals surface area (Å²) in [6.07, 6.45) is 1.58. The minimum atomic E-state index is -0.0450. The number of rotatable bonds is 2. The van der Waals surface area contributed by atoms with Crippen molar-refractivity contribution in [1.29, 1.82) is 0 Å². The van der Waals surface area contributed by atoms with Gasteiger partial charge in [0.05, 0.1) is 12.8 Å². The van der Waals surface area contributed by atoms with Crippen molar-refractivity contribution >= 4 is 18.3 Å². The number of furan rings is 1. The van der Waals surface area contributed by atoms with E-state index in [9.17, 15) is 4.79 Å². The number of hydrogen-bond donors (Lipinski definition) is 1. The van der Waals surface area contributed by atoms with Crippen molar-refractivity contribution in [1.82, 2.24) is 5.32 Å². The average Bonchev–Trinajstić information content (AvgIpc) is 2.34. The summed E-state index contributed by atoms with van der Waals surface area (Å²) in [5, 5.41) is 2.62. The van der Waals surface area contributed by atoms with Crippen molar-refractivity contribution in [3.8, 4) is 0 Å². The van der Waals surface area contributed by atoms with Crippen molar-refractivity contribution in [2.45, 2.75) is 13.5 Å². The predicted molar refractivity (Wildman–Crippen MR) is 43.5 cm³/mol. The quantitative estimate of drug-likeness (QED) is 0.737. The summed E-state index contributed by atoms with van der Waals surface area (Å²) < 4.78 is 4.97. The molecule has 0 saturated heterocycles. The van der Waals surface area contributed by atoms with Crippen LogP contribution in [0.3, 0.4) is 0 Å². The Balaban J connectivity index is 0.000001000. The van der Waals surface area contributed by atoms with Gasteiger partial charge in [-0.05, 0) is 12.1 Å². The molecule has 11 heavy (non-hydrogen) atoms. The molecule has 0 radical (unpaired) electrons. The lowest BCUT2D eigenvalue weighted by atomic mass is 10.4. The van der Waals surface area contributed by atoms with E-state index in [1.54, 1.807) is 12.3 Å². The van der Waals surface area contributed by atoms with Crippen LogP contribution in [0.5, 0.6) is 0 Å². The van der Waals surface area contributed by atoms with E-state index in [4.69, 9.17) is 4.42 Å². The number of hydrogen-bond acceptors (Lipinski definition) is 2. The molecule has 0 unspecified atom stereocenters. The molecule has 4 heteroatoms. The molecule has 0 fully saturated rings. The monoisotopic (exact) mass is 175 g/mol. The first kappa shape index (κ1) is 10.0. The maximum atomic E-state index is 10.4. The Morgan fingerprint density at radius 1 is 1.73 bits per heavy atom. The van der Waals surface area contributed by atoms with Gasteiger partial charge in [-0.15, -0.1) is 12.4 Å². The van der Waals surface area contributed by atoms with Crippen molar-refractivity contribution < 1.29 is 9.21 Å². The summed E-state index contributed by atoms with van der Waals surface area (Å²) in [6.45, 7) is 1.95. The molecule has 0 aliphatic carbocycles. The van der Waals surface area contributed by atoms with Gasteiger partial charge in [-0.3, -0.25) is 4.79 Å². The molecule has 1 rings (SSSR count). The van der Waals surface area contributed by atoms with E-state index in [0.717, 1.165) is 5.76 Å². The molecule has 1 aromatic rings. The standard InChI is InChI=1S/C7H9NO2.ClH/c1-6(9)8-5-7-3-2-4-10-7;/h2-4H,5H2,1H3,(H,8,9);1H. The average molecular weight is 176 g/mol. The molecule has 0 aliphatic rings. The first-order valence-corrected chi connectivity index (χ1v) is 3.06. The van der Waals surface area contributed by atoms with Crippen molar-refractivity contribution in [2.24, 2.45) is 0 Å².